The normalized spacial score (nSPS) is 13.3. The number of nitrogens with zero attached hydrogens (tertiary/aromatic N) is 1. The Hall–Kier alpha value is -1.77. The first-order valence-electron chi connectivity index (χ1n) is 34.7. The Morgan fingerprint density at radius 3 is 1.00 bits per heavy atom. The highest BCUT2D eigenvalue weighted by Gasteiger charge is 2.27. The van der Waals surface area contributed by atoms with Crippen molar-refractivity contribution in [3.8, 4) is 0 Å². The number of ether oxygens (including phenoxy) is 2. The number of phosphoric ester groups is 1. The van der Waals surface area contributed by atoms with Gasteiger partial charge >= 0.3 is 19.8 Å². The van der Waals surface area contributed by atoms with Gasteiger partial charge in [-0.15, -0.1) is 0 Å². The van der Waals surface area contributed by atoms with E-state index in [9.17, 15) is 19.0 Å². The Labute approximate surface area is 497 Å². The molecule has 9 nitrogen and oxygen atoms in total. The minimum Gasteiger partial charge on any atom is -0.462 e. The predicted octanol–water partition coefficient (Wildman–Crippen LogP) is 22.3. The summed E-state index contributed by atoms with van der Waals surface area (Å²) < 4.78 is 34.7. The summed E-state index contributed by atoms with van der Waals surface area (Å²) in [7, 11) is 1.49. The van der Waals surface area contributed by atoms with Crippen molar-refractivity contribution in [1.82, 2.24) is 0 Å². The largest absolute Gasteiger partial charge is 0.472 e. The highest BCUT2D eigenvalue weighted by molar-refractivity contribution is 7.47. The lowest BCUT2D eigenvalue weighted by molar-refractivity contribution is -0.870. The highest BCUT2D eigenvalue weighted by atomic mass is 31.2. The van der Waals surface area contributed by atoms with E-state index in [0.717, 1.165) is 38.5 Å². The van der Waals surface area contributed by atoms with Crippen LogP contribution in [0.2, 0.25) is 0 Å². The summed E-state index contributed by atoms with van der Waals surface area (Å²) in [6.07, 6.45) is 78.2. The van der Waals surface area contributed by atoms with E-state index >= 15 is 0 Å². The molecule has 2 atom stereocenters. The lowest BCUT2D eigenvalue weighted by Gasteiger charge is -2.24. The molecule has 0 aromatic carbocycles. The van der Waals surface area contributed by atoms with Gasteiger partial charge in [-0.1, -0.05) is 301 Å². The molecule has 0 aromatic rings. The van der Waals surface area contributed by atoms with Crippen molar-refractivity contribution in [2.24, 2.45) is 0 Å². The first-order valence-corrected chi connectivity index (χ1v) is 36.2. The number of hydrogen-bond donors (Lipinski definition) is 1. The zero-order valence-electron chi connectivity index (χ0n) is 53.8. The lowest BCUT2D eigenvalue weighted by Crippen LogP contribution is -2.37. The minimum absolute atomic E-state index is 0.0337. The Balaban J connectivity index is 4.00. The summed E-state index contributed by atoms with van der Waals surface area (Å²) in [6.45, 7) is 4.48. The van der Waals surface area contributed by atoms with Crippen molar-refractivity contribution < 1.29 is 42.1 Å². The predicted molar refractivity (Wildman–Crippen MR) is 344 cm³/mol. The van der Waals surface area contributed by atoms with Gasteiger partial charge in [-0.2, -0.15) is 0 Å². The van der Waals surface area contributed by atoms with Gasteiger partial charge in [-0.3, -0.25) is 18.6 Å². The average Bonchev–Trinajstić information content (AvgIpc) is 3.42. The molecular weight excluding hydrogens is 1010 g/mol. The molecule has 0 amide bonds. The number of quaternary nitrogens is 1. The van der Waals surface area contributed by atoms with Crippen LogP contribution in [-0.4, -0.2) is 74.9 Å². The van der Waals surface area contributed by atoms with Gasteiger partial charge in [0.1, 0.15) is 19.8 Å². The van der Waals surface area contributed by atoms with Crippen LogP contribution < -0.4 is 0 Å². The third-order valence-corrected chi connectivity index (χ3v) is 16.6. The molecular formula is C70H135NO8P+. The van der Waals surface area contributed by atoms with Gasteiger partial charge in [0.2, 0.25) is 0 Å². The first-order chi connectivity index (χ1) is 39.0. The van der Waals surface area contributed by atoms with Crippen LogP contribution in [0.3, 0.4) is 0 Å². The van der Waals surface area contributed by atoms with Crippen LogP contribution >= 0.6 is 7.82 Å². The number of likely N-dealkylation sites (N-methyl/N-ethyl adjacent to an activating group) is 1. The molecule has 0 aliphatic rings. The molecule has 0 aromatic heterocycles. The molecule has 0 aliphatic heterocycles. The zero-order valence-corrected chi connectivity index (χ0v) is 54.7. The summed E-state index contributed by atoms with van der Waals surface area (Å²) in [4.78, 5) is 35.9. The van der Waals surface area contributed by atoms with Gasteiger partial charge in [0, 0.05) is 12.8 Å². The third kappa shape index (κ3) is 65.4. The molecule has 472 valence electrons. The number of carbonyl (C=O) groups is 2. The van der Waals surface area contributed by atoms with Gasteiger partial charge in [-0.05, 0) is 70.6 Å². The number of rotatable bonds is 65. The van der Waals surface area contributed by atoms with Gasteiger partial charge < -0.3 is 18.9 Å². The topological polar surface area (TPSA) is 108 Å². The maximum absolute atomic E-state index is 12.9. The fourth-order valence-electron chi connectivity index (χ4n) is 10.3. The van der Waals surface area contributed by atoms with Gasteiger partial charge in [-0.25, -0.2) is 4.57 Å². The molecule has 2 unspecified atom stereocenters. The Morgan fingerprint density at radius 2 is 0.675 bits per heavy atom. The fourth-order valence-corrected chi connectivity index (χ4v) is 11.0. The van der Waals surface area contributed by atoms with Crippen LogP contribution in [0.1, 0.15) is 348 Å². The van der Waals surface area contributed by atoms with Crippen LogP contribution in [0.4, 0.5) is 0 Å². The van der Waals surface area contributed by atoms with Crippen molar-refractivity contribution in [2.75, 3.05) is 47.5 Å². The van der Waals surface area contributed by atoms with Crippen LogP contribution in [0, 0.1) is 0 Å². The van der Waals surface area contributed by atoms with E-state index in [1.54, 1.807) is 0 Å². The molecule has 0 aliphatic carbocycles. The molecule has 10 heteroatoms. The van der Waals surface area contributed by atoms with E-state index in [1.807, 2.05) is 21.1 Å². The fraction of sp³-hybridized carbons (Fsp3) is 0.886. The van der Waals surface area contributed by atoms with Crippen molar-refractivity contribution in [3.63, 3.8) is 0 Å². The zero-order chi connectivity index (χ0) is 58.4. The van der Waals surface area contributed by atoms with Crippen molar-refractivity contribution in [2.45, 2.75) is 354 Å². The quantitative estimate of drug-likeness (QED) is 0.0211. The monoisotopic (exact) mass is 1150 g/mol. The SMILES string of the molecule is CCCCCCC/C=C\C/C=C\CCCCCCCCCCCCCCCC(=O)OC(COC(=O)CCCCCCCCCCCCCCCCCCCCC/C=C\CCCCCCCCCC)COP(=O)(O)OCC[N+](C)(C)C. The molecule has 0 radical (unpaired) electrons. The van der Waals surface area contributed by atoms with Gasteiger partial charge in [0.05, 0.1) is 27.7 Å². The number of esters is 2. The van der Waals surface area contributed by atoms with Crippen LogP contribution in [-0.2, 0) is 32.7 Å². The molecule has 0 fully saturated rings. The molecule has 0 saturated carbocycles. The van der Waals surface area contributed by atoms with Crippen LogP contribution in [0.25, 0.3) is 0 Å². The van der Waals surface area contributed by atoms with E-state index in [1.165, 1.54) is 276 Å². The first kappa shape index (κ1) is 78.2. The maximum Gasteiger partial charge on any atom is 0.472 e. The Morgan fingerprint density at radius 1 is 0.388 bits per heavy atom. The molecule has 0 spiro atoms. The number of allylic oxidation sites excluding steroid dienone is 6. The molecule has 0 bridgehead atoms. The van der Waals surface area contributed by atoms with Crippen molar-refractivity contribution in [1.29, 1.82) is 0 Å². The lowest BCUT2D eigenvalue weighted by atomic mass is 10.0. The van der Waals surface area contributed by atoms with E-state index in [4.69, 9.17) is 18.5 Å². The summed E-state index contributed by atoms with van der Waals surface area (Å²) >= 11 is 0. The van der Waals surface area contributed by atoms with Gasteiger partial charge in [0.25, 0.3) is 0 Å². The number of phosphoric acid groups is 1. The van der Waals surface area contributed by atoms with Gasteiger partial charge in [0.15, 0.2) is 6.10 Å². The molecule has 0 heterocycles. The molecule has 0 saturated heterocycles. The Bertz CT molecular complexity index is 1440. The summed E-state index contributed by atoms with van der Waals surface area (Å²) in [5, 5.41) is 0. The highest BCUT2D eigenvalue weighted by Crippen LogP contribution is 2.43. The Kier molecular flexibility index (Phi) is 60.4. The number of carbonyl (C=O) groups excluding carboxylic acids is 2. The van der Waals surface area contributed by atoms with Crippen LogP contribution in [0.5, 0.6) is 0 Å². The average molecular weight is 1150 g/mol. The van der Waals surface area contributed by atoms with Crippen molar-refractivity contribution in [3.05, 3.63) is 36.5 Å². The standard InChI is InChI=1S/C70H134NO8P/c1-6-8-10-12-14-16-18-20-22-24-26-28-30-32-33-34-35-36-37-39-40-42-44-46-48-50-52-54-56-58-60-62-69(72)76-66-68(67-78-80(74,75)77-65-64-71(3,4)5)79-70(73)63-61-59-57-55-53-51-49-47-45-43-41-38-31-29-27-25-23-21-19-17-15-13-11-9-7-2/h19,21,24-27,68H,6-18,20,22-23,28-67H2,1-5H3/p+1/b21-19-,26-24-,27-25-. The second-order valence-electron chi connectivity index (χ2n) is 24.9. The van der Waals surface area contributed by atoms with Crippen molar-refractivity contribution >= 4 is 19.8 Å². The molecule has 0 rings (SSSR count). The van der Waals surface area contributed by atoms with E-state index in [2.05, 4.69) is 50.3 Å². The number of unbranched alkanes of at least 4 members (excludes halogenated alkanes) is 45. The number of hydrogen-bond acceptors (Lipinski definition) is 7. The summed E-state index contributed by atoms with van der Waals surface area (Å²) in [5.74, 6) is -0.779. The van der Waals surface area contributed by atoms with E-state index in [0.29, 0.717) is 23.9 Å². The maximum atomic E-state index is 12.9. The minimum atomic E-state index is -4.39. The molecule has 1 N–H and O–H groups in total. The van der Waals surface area contributed by atoms with E-state index in [-0.39, 0.29) is 25.6 Å². The van der Waals surface area contributed by atoms with Crippen LogP contribution in [0.15, 0.2) is 36.5 Å². The summed E-state index contributed by atoms with van der Waals surface area (Å²) in [5.41, 5.74) is 0. The molecule has 80 heavy (non-hydrogen) atoms. The smallest absolute Gasteiger partial charge is 0.462 e. The second-order valence-corrected chi connectivity index (χ2v) is 26.4. The van der Waals surface area contributed by atoms with E-state index < -0.39 is 26.5 Å². The summed E-state index contributed by atoms with van der Waals surface area (Å²) in [6, 6.07) is 0. The third-order valence-electron chi connectivity index (χ3n) is 15.6. The second kappa shape index (κ2) is 61.8.